The maximum atomic E-state index is 2.41. The van der Waals surface area contributed by atoms with Crippen LogP contribution in [0.2, 0.25) is 0 Å². The van der Waals surface area contributed by atoms with Crippen LogP contribution >= 0.6 is 11.8 Å². The molecule has 1 nitrogen and oxygen atoms in total. The second kappa shape index (κ2) is 11.8. The molecule has 224 valence electrons. The van der Waals surface area contributed by atoms with Crippen molar-refractivity contribution in [3.8, 4) is 16.8 Å². The summed E-state index contributed by atoms with van der Waals surface area (Å²) >= 11 is 1.91. The van der Waals surface area contributed by atoms with Crippen LogP contribution in [-0.4, -0.2) is 4.57 Å². The zero-order valence-electron chi connectivity index (χ0n) is 26.0. The second-order valence-corrected chi connectivity index (χ2v) is 13.6. The molecule has 47 heavy (non-hydrogen) atoms. The van der Waals surface area contributed by atoms with E-state index in [0.717, 1.165) is 6.42 Å². The van der Waals surface area contributed by atoms with Crippen LogP contribution in [0.15, 0.2) is 191 Å². The van der Waals surface area contributed by atoms with Crippen LogP contribution in [0.1, 0.15) is 28.5 Å². The van der Waals surface area contributed by atoms with Crippen molar-refractivity contribution in [3.05, 3.63) is 203 Å². The summed E-state index contributed by atoms with van der Waals surface area (Å²) in [6.45, 7) is 0. The molecule has 9 rings (SSSR count). The number of thioether (sulfide) groups is 1. The van der Waals surface area contributed by atoms with Gasteiger partial charge in [-0.15, -0.1) is 0 Å². The summed E-state index contributed by atoms with van der Waals surface area (Å²) in [7, 11) is 0. The van der Waals surface area contributed by atoms with Gasteiger partial charge in [0.2, 0.25) is 0 Å². The van der Waals surface area contributed by atoms with Crippen LogP contribution in [0, 0.1) is 0 Å². The summed E-state index contributed by atoms with van der Waals surface area (Å²) in [5.74, 6) is 0.627. The third-order valence-corrected chi connectivity index (χ3v) is 11.0. The Bertz CT molecular complexity index is 2280. The fourth-order valence-electron chi connectivity index (χ4n) is 7.37. The van der Waals surface area contributed by atoms with Gasteiger partial charge in [-0.2, -0.15) is 0 Å². The summed E-state index contributed by atoms with van der Waals surface area (Å²) < 4.78 is 2.37. The van der Waals surface area contributed by atoms with Crippen LogP contribution < -0.4 is 0 Å². The van der Waals surface area contributed by atoms with Gasteiger partial charge < -0.3 is 4.57 Å². The molecule has 2 unspecified atom stereocenters. The summed E-state index contributed by atoms with van der Waals surface area (Å²) in [5, 5.41) is 2.57. The molecule has 7 aromatic rings. The van der Waals surface area contributed by atoms with Crippen molar-refractivity contribution in [2.24, 2.45) is 0 Å². The molecule has 2 atom stereocenters. The molecular weight excluding hydrogens is 587 g/mol. The number of benzene rings is 6. The average molecular weight is 620 g/mol. The predicted octanol–water partition coefficient (Wildman–Crippen LogP) is 12.0. The lowest BCUT2D eigenvalue weighted by molar-refractivity contribution is 0.803. The van der Waals surface area contributed by atoms with Crippen molar-refractivity contribution in [1.82, 2.24) is 4.57 Å². The Balaban J connectivity index is 0.992. The normalized spacial score (nSPS) is 16.0. The second-order valence-electron chi connectivity index (χ2n) is 12.5. The van der Waals surface area contributed by atoms with Gasteiger partial charge in [-0.25, -0.2) is 0 Å². The minimum Gasteiger partial charge on any atom is -0.309 e. The molecule has 0 amide bonds. The van der Waals surface area contributed by atoms with Gasteiger partial charge in [0.25, 0.3) is 0 Å². The molecule has 0 bridgehead atoms. The first-order valence-electron chi connectivity index (χ1n) is 16.4. The van der Waals surface area contributed by atoms with E-state index in [0.29, 0.717) is 5.92 Å². The Kier molecular flexibility index (Phi) is 7.02. The average Bonchev–Trinajstić information content (AvgIpc) is 3.59. The van der Waals surface area contributed by atoms with E-state index in [4.69, 9.17) is 0 Å². The smallest absolute Gasteiger partial charge is 0.0541 e. The molecule has 2 aliphatic rings. The highest BCUT2D eigenvalue weighted by atomic mass is 32.2. The predicted molar refractivity (Wildman–Crippen MR) is 199 cm³/mol. The molecule has 2 heterocycles. The number of aromatic nitrogens is 1. The van der Waals surface area contributed by atoms with E-state index in [9.17, 15) is 0 Å². The minimum atomic E-state index is 0.278. The lowest BCUT2D eigenvalue weighted by Gasteiger charge is -2.19. The van der Waals surface area contributed by atoms with Crippen molar-refractivity contribution in [3.63, 3.8) is 0 Å². The number of rotatable bonds is 6. The molecule has 0 saturated carbocycles. The van der Waals surface area contributed by atoms with E-state index in [1.165, 1.54) is 70.7 Å². The van der Waals surface area contributed by atoms with Crippen molar-refractivity contribution in [2.75, 3.05) is 0 Å². The van der Waals surface area contributed by atoms with Gasteiger partial charge in [0.05, 0.1) is 11.0 Å². The number of nitrogens with zero attached hydrogens (tertiary/aromatic N) is 1. The molecule has 0 fully saturated rings. The zero-order valence-corrected chi connectivity index (χ0v) is 26.8. The van der Waals surface area contributed by atoms with E-state index < -0.39 is 0 Å². The number of allylic oxidation sites excluding steroid dienone is 6. The summed E-state index contributed by atoms with van der Waals surface area (Å²) in [6.07, 6.45) is 10.4. The fraction of sp³-hybridized carbons (Fsp3) is 0.0667. The van der Waals surface area contributed by atoms with Crippen LogP contribution in [-0.2, 0) is 6.42 Å². The number of para-hydroxylation sites is 2. The quantitative estimate of drug-likeness (QED) is 0.179. The van der Waals surface area contributed by atoms with Gasteiger partial charge in [-0.05, 0) is 70.1 Å². The van der Waals surface area contributed by atoms with E-state index in [-0.39, 0.29) is 5.92 Å². The maximum Gasteiger partial charge on any atom is 0.0541 e. The van der Waals surface area contributed by atoms with Crippen molar-refractivity contribution in [1.29, 1.82) is 0 Å². The van der Waals surface area contributed by atoms with Gasteiger partial charge in [0.15, 0.2) is 0 Å². The van der Waals surface area contributed by atoms with Gasteiger partial charge in [-0.3, -0.25) is 0 Å². The molecule has 2 heteroatoms. The lowest BCUT2D eigenvalue weighted by atomic mass is 9.84. The Morgan fingerprint density at radius 1 is 0.574 bits per heavy atom. The molecule has 1 aromatic heterocycles. The molecule has 0 N–H and O–H groups in total. The van der Waals surface area contributed by atoms with Crippen LogP contribution in [0.5, 0.6) is 0 Å². The van der Waals surface area contributed by atoms with Crippen molar-refractivity contribution in [2.45, 2.75) is 23.2 Å². The van der Waals surface area contributed by atoms with Crippen LogP contribution in [0.25, 0.3) is 38.6 Å². The van der Waals surface area contributed by atoms with E-state index in [1.807, 2.05) is 11.8 Å². The Labute approximate surface area is 280 Å². The highest BCUT2D eigenvalue weighted by Gasteiger charge is 2.27. The highest BCUT2D eigenvalue weighted by Crippen LogP contribution is 2.50. The van der Waals surface area contributed by atoms with Gasteiger partial charge >= 0.3 is 0 Å². The van der Waals surface area contributed by atoms with Crippen molar-refractivity contribution < 1.29 is 0 Å². The third-order valence-electron chi connectivity index (χ3n) is 9.75. The third kappa shape index (κ3) is 5.06. The fourth-order valence-corrected chi connectivity index (χ4v) is 8.55. The lowest BCUT2D eigenvalue weighted by Crippen LogP contribution is -2.05. The molecule has 0 radical (unpaired) electrons. The number of hydrogen-bond acceptors (Lipinski definition) is 1. The van der Waals surface area contributed by atoms with Gasteiger partial charge in [-0.1, -0.05) is 157 Å². The number of fused-ring (bicyclic) bond motifs is 6. The van der Waals surface area contributed by atoms with E-state index in [2.05, 4.69) is 181 Å². The van der Waals surface area contributed by atoms with Crippen molar-refractivity contribution >= 4 is 33.6 Å². The Morgan fingerprint density at radius 2 is 1.19 bits per heavy atom. The topological polar surface area (TPSA) is 4.93 Å². The first-order chi connectivity index (χ1) is 23.3. The summed E-state index contributed by atoms with van der Waals surface area (Å²) in [4.78, 5) is 2.80. The van der Waals surface area contributed by atoms with Crippen LogP contribution in [0.3, 0.4) is 0 Å². The first kappa shape index (κ1) is 28.0. The largest absolute Gasteiger partial charge is 0.309 e. The Morgan fingerprint density at radius 3 is 1.91 bits per heavy atom. The Hall–Kier alpha value is -5.31. The highest BCUT2D eigenvalue weighted by molar-refractivity contribution is 8.03. The monoisotopic (exact) mass is 619 g/mol. The maximum absolute atomic E-state index is 2.41. The standard InChI is InChI=1S/C45H33NS/c1-2-10-34(11-3-1)41(35-24-28-40-39-14-6-9-17-44(39)47-45(40)29-25-35)30-31-18-20-32(21-19-31)33-22-26-36(27-23-33)46-42-15-7-4-12-37(42)38-13-5-8-16-43(38)46/h1-29,40-41H,30H2. The minimum absolute atomic E-state index is 0.278. The zero-order chi connectivity index (χ0) is 31.2. The van der Waals surface area contributed by atoms with E-state index in [1.54, 1.807) is 0 Å². The SMILES string of the molecule is C1=CC2C(=CC=C1C(Cc1ccc(-c3ccc(-n4c5ccccc5c5ccccc54)cc3)cc1)c1ccccc1)Sc1ccccc12. The first-order valence-corrected chi connectivity index (χ1v) is 17.2. The van der Waals surface area contributed by atoms with Crippen LogP contribution in [0.4, 0.5) is 0 Å². The molecule has 6 aromatic carbocycles. The molecular formula is C45H33NS. The van der Waals surface area contributed by atoms with E-state index >= 15 is 0 Å². The van der Waals surface area contributed by atoms with Gasteiger partial charge in [0.1, 0.15) is 0 Å². The molecule has 0 spiro atoms. The summed E-state index contributed by atoms with van der Waals surface area (Å²) in [5.41, 5.74) is 11.6. The molecule has 0 saturated heterocycles. The van der Waals surface area contributed by atoms with Gasteiger partial charge in [0, 0.05) is 38.1 Å². The summed E-state index contributed by atoms with van der Waals surface area (Å²) in [6, 6.07) is 55.3. The molecule has 1 aliphatic heterocycles. The number of hydrogen-bond donors (Lipinski definition) is 0. The molecule has 1 aliphatic carbocycles.